The summed E-state index contributed by atoms with van der Waals surface area (Å²) in [6.07, 6.45) is 3.94. The van der Waals surface area contributed by atoms with Crippen molar-refractivity contribution in [2.45, 2.75) is 39.5 Å². The number of hydrogen-bond acceptors (Lipinski definition) is 4. The van der Waals surface area contributed by atoms with Gasteiger partial charge in [-0.2, -0.15) is 0 Å². The summed E-state index contributed by atoms with van der Waals surface area (Å²) in [4.78, 5) is 11.4. The summed E-state index contributed by atoms with van der Waals surface area (Å²) in [5, 5.41) is 2.41. The lowest BCUT2D eigenvalue weighted by molar-refractivity contribution is 0.852. The van der Waals surface area contributed by atoms with E-state index in [1.54, 1.807) is 22.7 Å². The highest BCUT2D eigenvalue weighted by molar-refractivity contribution is 7.21. The van der Waals surface area contributed by atoms with Crippen molar-refractivity contribution in [2.24, 2.45) is 0 Å². The van der Waals surface area contributed by atoms with Crippen molar-refractivity contribution in [3.8, 4) is 9.75 Å². The predicted octanol–water partition coefficient (Wildman–Crippen LogP) is 4.51. The number of aromatic nitrogens is 2. The fourth-order valence-electron chi connectivity index (χ4n) is 1.34. The summed E-state index contributed by atoms with van der Waals surface area (Å²) < 4.78 is 0. The van der Waals surface area contributed by atoms with Crippen LogP contribution in [0.5, 0.6) is 0 Å². The smallest absolute Gasteiger partial charge is 0.0956 e. The first-order valence-electron chi connectivity index (χ1n) is 5.49. The molecule has 0 aliphatic rings. The van der Waals surface area contributed by atoms with Gasteiger partial charge in [0.1, 0.15) is 0 Å². The molecule has 4 heteroatoms. The van der Waals surface area contributed by atoms with Crippen LogP contribution in [-0.2, 0) is 0 Å². The van der Waals surface area contributed by atoms with Crippen LogP contribution in [0.25, 0.3) is 9.75 Å². The second-order valence-electron chi connectivity index (χ2n) is 4.43. The van der Waals surface area contributed by atoms with Crippen LogP contribution in [0.4, 0.5) is 0 Å². The summed E-state index contributed by atoms with van der Waals surface area (Å²) >= 11 is 3.56. The van der Waals surface area contributed by atoms with E-state index in [2.05, 4.69) is 37.7 Å². The van der Waals surface area contributed by atoms with Gasteiger partial charge in [0.2, 0.25) is 0 Å². The van der Waals surface area contributed by atoms with Crippen molar-refractivity contribution in [1.29, 1.82) is 0 Å². The van der Waals surface area contributed by atoms with Crippen LogP contribution in [0.2, 0.25) is 0 Å². The van der Waals surface area contributed by atoms with Crippen LogP contribution in [0.15, 0.2) is 12.4 Å². The third-order valence-electron chi connectivity index (χ3n) is 2.28. The molecule has 0 amide bonds. The first-order chi connectivity index (χ1) is 7.58. The number of nitrogens with zero attached hydrogens (tertiary/aromatic N) is 2. The van der Waals surface area contributed by atoms with Gasteiger partial charge in [-0.1, -0.05) is 27.7 Å². The van der Waals surface area contributed by atoms with Crippen molar-refractivity contribution in [3.05, 3.63) is 22.4 Å². The molecule has 86 valence electrons. The Balaban J connectivity index is 2.28. The molecule has 0 bridgehead atoms. The lowest BCUT2D eigenvalue weighted by Crippen LogP contribution is -1.81. The van der Waals surface area contributed by atoms with Crippen LogP contribution in [0.1, 0.15) is 49.5 Å². The number of rotatable bonds is 3. The lowest BCUT2D eigenvalue weighted by atomic mass is 10.2. The lowest BCUT2D eigenvalue weighted by Gasteiger charge is -1.96. The molecule has 2 aromatic heterocycles. The summed E-state index contributed by atoms with van der Waals surface area (Å²) in [6, 6.07) is 0. The zero-order valence-corrected chi connectivity index (χ0v) is 11.7. The molecule has 0 radical (unpaired) electrons. The van der Waals surface area contributed by atoms with Crippen LogP contribution in [0, 0.1) is 0 Å². The largest absolute Gasteiger partial charge is 0.249 e. The van der Waals surface area contributed by atoms with Crippen LogP contribution < -0.4 is 0 Å². The van der Waals surface area contributed by atoms with E-state index in [0.717, 1.165) is 0 Å². The molecule has 0 unspecified atom stereocenters. The van der Waals surface area contributed by atoms with E-state index in [9.17, 15) is 0 Å². The second-order valence-corrected chi connectivity index (χ2v) is 6.56. The van der Waals surface area contributed by atoms with Crippen molar-refractivity contribution in [2.75, 3.05) is 0 Å². The zero-order chi connectivity index (χ0) is 11.7. The summed E-state index contributed by atoms with van der Waals surface area (Å²) in [7, 11) is 0. The molecule has 0 atom stereocenters. The Hall–Kier alpha value is -0.740. The molecular formula is C12H16N2S2. The Kier molecular flexibility index (Phi) is 3.40. The molecule has 0 saturated heterocycles. The maximum atomic E-state index is 4.44. The minimum Gasteiger partial charge on any atom is -0.249 e. The standard InChI is InChI=1S/C12H16N2S2/c1-7(2)11-13-5-9(15-11)10-6-14-12(16-10)8(3)4/h5-8H,1-4H3. The van der Waals surface area contributed by atoms with Gasteiger partial charge in [-0.15, -0.1) is 22.7 Å². The first-order valence-corrected chi connectivity index (χ1v) is 7.13. The molecule has 0 aromatic carbocycles. The quantitative estimate of drug-likeness (QED) is 0.803. The normalized spacial score (nSPS) is 11.6. The molecule has 0 spiro atoms. The maximum Gasteiger partial charge on any atom is 0.0956 e. The Labute approximate surface area is 104 Å². The summed E-state index contributed by atoms with van der Waals surface area (Å²) in [6.45, 7) is 8.70. The minimum atomic E-state index is 0.510. The molecule has 2 nitrogen and oxygen atoms in total. The molecular weight excluding hydrogens is 236 g/mol. The van der Waals surface area contributed by atoms with E-state index < -0.39 is 0 Å². The highest BCUT2D eigenvalue weighted by Gasteiger charge is 2.11. The van der Waals surface area contributed by atoms with E-state index in [4.69, 9.17) is 0 Å². The third kappa shape index (κ3) is 2.33. The van der Waals surface area contributed by atoms with Crippen LogP contribution >= 0.6 is 22.7 Å². The molecule has 0 aliphatic heterocycles. The van der Waals surface area contributed by atoms with E-state index >= 15 is 0 Å². The highest BCUT2D eigenvalue weighted by atomic mass is 32.1. The van der Waals surface area contributed by atoms with Gasteiger partial charge < -0.3 is 0 Å². The van der Waals surface area contributed by atoms with Crippen LogP contribution in [-0.4, -0.2) is 9.97 Å². The molecule has 0 fully saturated rings. The maximum absolute atomic E-state index is 4.44. The monoisotopic (exact) mass is 252 g/mol. The fraction of sp³-hybridized carbons (Fsp3) is 0.500. The second kappa shape index (κ2) is 4.63. The van der Waals surface area contributed by atoms with Crippen molar-refractivity contribution >= 4 is 22.7 Å². The van der Waals surface area contributed by atoms with E-state index in [1.807, 2.05) is 12.4 Å². The van der Waals surface area contributed by atoms with Crippen molar-refractivity contribution in [3.63, 3.8) is 0 Å². The van der Waals surface area contributed by atoms with E-state index in [0.29, 0.717) is 11.8 Å². The number of hydrogen-bond donors (Lipinski definition) is 0. The molecule has 0 aliphatic carbocycles. The predicted molar refractivity (Wildman–Crippen MR) is 71.4 cm³/mol. The molecule has 2 rings (SSSR count). The first kappa shape index (κ1) is 11.7. The zero-order valence-electron chi connectivity index (χ0n) is 10.0. The highest BCUT2D eigenvalue weighted by Crippen LogP contribution is 2.34. The Morgan fingerprint density at radius 3 is 1.44 bits per heavy atom. The topological polar surface area (TPSA) is 25.8 Å². The van der Waals surface area contributed by atoms with Crippen LogP contribution in [0.3, 0.4) is 0 Å². The molecule has 2 aromatic rings. The average Bonchev–Trinajstić information content (AvgIpc) is 2.86. The molecule has 16 heavy (non-hydrogen) atoms. The molecule has 0 saturated carbocycles. The summed E-state index contributed by atoms with van der Waals surface area (Å²) in [5.41, 5.74) is 0. The van der Waals surface area contributed by atoms with Gasteiger partial charge in [0, 0.05) is 24.2 Å². The minimum absolute atomic E-state index is 0.510. The average molecular weight is 252 g/mol. The Morgan fingerprint density at radius 2 is 1.19 bits per heavy atom. The summed E-state index contributed by atoms with van der Waals surface area (Å²) in [5.74, 6) is 1.02. The Bertz CT molecular complexity index is 425. The van der Waals surface area contributed by atoms with Gasteiger partial charge in [-0.05, 0) is 0 Å². The Morgan fingerprint density at radius 1 is 0.812 bits per heavy atom. The molecule has 2 heterocycles. The van der Waals surface area contributed by atoms with Gasteiger partial charge in [0.05, 0.1) is 19.8 Å². The van der Waals surface area contributed by atoms with Gasteiger partial charge in [0.25, 0.3) is 0 Å². The fourth-order valence-corrected chi connectivity index (χ4v) is 3.24. The van der Waals surface area contributed by atoms with E-state index in [-0.39, 0.29) is 0 Å². The van der Waals surface area contributed by atoms with E-state index in [1.165, 1.54) is 19.8 Å². The SMILES string of the molecule is CC(C)c1ncc(-c2cnc(C(C)C)s2)s1. The van der Waals surface area contributed by atoms with Gasteiger partial charge >= 0.3 is 0 Å². The van der Waals surface area contributed by atoms with Crippen molar-refractivity contribution in [1.82, 2.24) is 9.97 Å². The molecule has 0 N–H and O–H groups in total. The van der Waals surface area contributed by atoms with Gasteiger partial charge in [-0.25, -0.2) is 9.97 Å². The van der Waals surface area contributed by atoms with Crippen molar-refractivity contribution < 1.29 is 0 Å². The number of thiazole rings is 2. The van der Waals surface area contributed by atoms with Gasteiger partial charge in [0.15, 0.2) is 0 Å². The third-order valence-corrected chi connectivity index (χ3v) is 5.07. The van der Waals surface area contributed by atoms with Gasteiger partial charge in [-0.3, -0.25) is 0 Å².